The molecule has 7 heteroatoms. The number of nitrogens with zero attached hydrogens (tertiary/aromatic N) is 1. The van der Waals surface area contributed by atoms with E-state index in [2.05, 4.69) is 0 Å². The lowest BCUT2D eigenvalue weighted by molar-refractivity contribution is 0.0784. The molecule has 3 atom stereocenters. The molecule has 5 rings (SSSR count). The lowest BCUT2D eigenvalue weighted by atomic mass is 9.98. The lowest BCUT2D eigenvalue weighted by Crippen LogP contribution is -2.33. The van der Waals surface area contributed by atoms with Crippen molar-refractivity contribution in [3.8, 4) is 21.9 Å². The first-order chi connectivity index (χ1) is 12.7. The molecule has 1 aromatic heterocycles. The number of fused-ring (bicyclic) bond motifs is 2. The lowest BCUT2D eigenvalue weighted by Gasteiger charge is -2.18. The molecule has 5 nitrogen and oxygen atoms in total. The molecule has 144 valence electrons. The number of benzene rings is 1. The van der Waals surface area contributed by atoms with E-state index in [9.17, 15) is 4.79 Å². The molecule has 3 unspecified atom stereocenters. The van der Waals surface area contributed by atoms with Crippen molar-refractivity contribution in [1.82, 2.24) is 4.90 Å². The predicted molar refractivity (Wildman–Crippen MR) is 108 cm³/mol. The number of likely N-dealkylation sites (tertiary alicyclic amines) is 1. The van der Waals surface area contributed by atoms with Crippen LogP contribution in [0.2, 0.25) is 0 Å². The average Bonchev–Trinajstić information content (AvgIpc) is 3.38. The third-order valence-corrected chi connectivity index (χ3v) is 6.97. The van der Waals surface area contributed by atoms with Gasteiger partial charge >= 0.3 is 0 Å². The summed E-state index contributed by atoms with van der Waals surface area (Å²) in [5.74, 6) is 2.77. The predicted octanol–water partition coefficient (Wildman–Crippen LogP) is 3.42. The number of amides is 1. The number of carbonyl (C=O) groups excluding carboxylic acids is 1. The van der Waals surface area contributed by atoms with Gasteiger partial charge in [-0.05, 0) is 60.6 Å². The molecule has 1 amide bonds. The maximum Gasteiger partial charge on any atom is 0.263 e. The fourth-order valence-corrected chi connectivity index (χ4v) is 5.40. The Labute approximate surface area is 168 Å². The summed E-state index contributed by atoms with van der Waals surface area (Å²) in [5.41, 5.74) is 7.25. The van der Waals surface area contributed by atoms with Crippen molar-refractivity contribution in [2.24, 2.45) is 17.6 Å². The number of ether oxygens (including phenoxy) is 2. The summed E-state index contributed by atoms with van der Waals surface area (Å²) < 4.78 is 11.2. The van der Waals surface area contributed by atoms with Gasteiger partial charge in [0.05, 0.1) is 4.88 Å². The first-order valence-electron chi connectivity index (χ1n) is 9.24. The summed E-state index contributed by atoms with van der Waals surface area (Å²) >= 11 is 1.54. The number of rotatable bonds is 2. The van der Waals surface area contributed by atoms with Crippen molar-refractivity contribution in [3.63, 3.8) is 0 Å². The quantitative estimate of drug-likeness (QED) is 0.829. The molecule has 2 aliphatic heterocycles. The summed E-state index contributed by atoms with van der Waals surface area (Å²) in [7, 11) is 0. The van der Waals surface area contributed by atoms with Gasteiger partial charge in [-0.25, -0.2) is 0 Å². The molecule has 0 bridgehead atoms. The highest BCUT2D eigenvalue weighted by Crippen LogP contribution is 2.40. The molecule has 0 spiro atoms. The number of hydrogen-bond donors (Lipinski definition) is 1. The SMILES string of the molecule is Cl.NC1CCC2CN(C(=O)c3ccc(-c4ccc5c(c4)OCCO5)s3)CC12. The van der Waals surface area contributed by atoms with Gasteiger partial charge in [0, 0.05) is 24.0 Å². The molecule has 2 aromatic rings. The number of thiophene rings is 1. The van der Waals surface area contributed by atoms with Crippen molar-refractivity contribution >= 4 is 29.7 Å². The molecule has 1 aromatic carbocycles. The van der Waals surface area contributed by atoms with E-state index in [0.29, 0.717) is 25.0 Å². The fourth-order valence-electron chi connectivity index (χ4n) is 4.43. The first kappa shape index (κ1) is 18.6. The number of hydrogen-bond acceptors (Lipinski definition) is 5. The summed E-state index contributed by atoms with van der Waals surface area (Å²) in [5, 5.41) is 0. The summed E-state index contributed by atoms with van der Waals surface area (Å²) in [6.45, 7) is 2.83. The van der Waals surface area contributed by atoms with Crippen LogP contribution in [0.1, 0.15) is 22.5 Å². The maximum atomic E-state index is 12.9. The largest absolute Gasteiger partial charge is 0.486 e. The number of carbonyl (C=O) groups is 1. The van der Waals surface area contributed by atoms with Crippen LogP contribution < -0.4 is 15.2 Å². The summed E-state index contributed by atoms with van der Waals surface area (Å²) in [6, 6.07) is 10.2. The van der Waals surface area contributed by atoms with Crippen molar-refractivity contribution in [3.05, 3.63) is 35.2 Å². The molecular weight excluding hydrogens is 384 g/mol. The van der Waals surface area contributed by atoms with Gasteiger partial charge in [-0.2, -0.15) is 0 Å². The number of halogens is 1. The Kier molecular flexibility index (Phi) is 5.05. The molecule has 2 fully saturated rings. The van der Waals surface area contributed by atoms with Crippen molar-refractivity contribution in [1.29, 1.82) is 0 Å². The Balaban J connectivity index is 0.00000180. The standard InChI is InChI=1S/C20H22N2O3S.ClH/c21-15-3-1-13-10-22(11-14(13)15)20(23)19-6-5-18(26-19)12-2-4-16-17(9-12)25-8-7-24-16;/h2,4-6,9,13-15H,1,3,7-8,10-11,21H2;1H. The van der Waals surface area contributed by atoms with E-state index >= 15 is 0 Å². The zero-order valence-electron chi connectivity index (χ0n) is 14.9. The zero-order chi connectivity index (χ0) is 17.7. The van der Waals surface area contributed by atoms with Crippen LogP contribution in [0, 0.1) is 11.8 Å². The van der Waals surface area contributed by atoms with Gasteiger partial charge in [0.25, 0.3) is 5.91 Å². The minimum atomic E-state index is 0. The second-order valence-corrected chi connectivity index (χ2v) is 8.48. The highest BCUT2D eigenvalue weighted by atomic mass is 35.5. The zero-order valence-corrected chi connectivity index (χ0v) is 16.6. The van der Waals surface area contributed by atoms with E-state index in [0.717, 1.165) is 52.7 Å². The Hall–Kier alpha value is -1.76. The van der Waals surface area contributed by atoms with Crippen LogP contribution in [0.5, 0.6) is 11.5 Å². The Morgan fingerprint density at radius 3 is 2.70 bits per heavy atom. The van der Waals surface area contributed by atoms with Crippen molar-refractivity contribution < 1.29 is 14.3 Å². The molecular formula is C20H23ClN2O3S. The molecule has 1 saturated carbocycles. The van der Waals surface area contributed by atoms with E-state index in [-0.39, 0.29) is 24.4 Å². The van der Waals surface area contributed by atoms with E-state index < -0.39 is 0 Å². The van der Waals surface area contributed by atoms with Gasteiger partial charge in [-0.1, -0.05) is 0 Å². The molecule has 3 aliphatic rings. The minimum absolute atomic E-state index is 0. The van der Waals surface area contributed by atoms with Crippen LogP contribution >= 0.6 is 23.7 Å². The normalized spacial score (nSPS) is 25.8. The fraction of sp³-hybridized carbons (Fsp3) is 0.450. The van der Waals surface area contributed by atoms with Crippen LogP contribution in [0.3, 0.4) is 0 Å². The van der Waals surface area contributed by atoms with Crippen molar-refractivity contribution in [2.45, 2.75) is 18.9 Å². The monoisotopic (exact) mass is 406 g/mol. The second kappa shape index (κ2) is 7.34. The molecule has 27 heavy (non-hydrogen) atoms. The van der Waals surface area contributed by atoms with Crippen molar-refractivity contribution in [2.75, 3.05) is 26.3 Å². The highest BCUT2D eigenvalue weighted by Gasteiger charge is 2.42. The van der Waals surface area contributed by atoms with E-state index in [4.69, 9.17) is 15.2 Å². The molecule has 1 saturated heterocycles. The van der Waals surface area contributed by atoms with Crippen LogP contribution in [0.25, 0.3) is 10.4 Å². The van der Waals surface area contributed by atoms with Gasteiger partial charge in [0.15, 0.2) is 11.5 Å². The highest BCUT2D eigenvalue weighted by molar-refractivity contribution is 7.17. The van der Waals surface area contributed by atoms with Gasteiger partial charge in [0.1, 0.15) is 13.2 Å². The van der Waals surface area contributed by atoms with Crippen LogP contribution in [-0.2, 0) is 0 Å². The minimum Gasteiger partial charge on any atom is -0.486 e. The van der Waals surface area contributed by atoms with Gasteiger partial charge in [-0.15, -0.1) is 23.7 Å². The van der Waals surface area contributed by atoms with E-state index in [1.807, 2.05) is 35.2 Å². The Bertz CT molecular complexity index is 856. The number of nitrogens with two attached hydrogens (primary N) is 1. The Morgan fingerprint density at radius 2 is 1.89 bits per heavy atom. The van der Waals surface area contributed by atoms with Crippen LogP contribution in [0.4, 0.5) is 0 Å². The maximum absolute atomic E-state index is 12.9. The molecule has 2 N–H and O–H groups in total. The van der Waals surface area contributed by atoms with Gasteiger partial charge < -0.3 is 20.1 Å². The Morgan fingerprint density at radius 1 is 1.07 bits per heavy atom. The first-order valence-corrected chi connectivity index (χ1v) is 10.1. The van der Waals surface area contributed by atoms with Crippen LogP contribution in [0.15, 0.2) is 30.3 Å². The molecule has 0 radical (unpaired) electrons. The van der Waals surface area contributed by atoms with Gasteiger partial charge in [0.2, 0.25) is 0 Å². The summed E-state index contributed by atoms with van der Waals surface area (Å²) in [4.78, 5) is 16.8. The van der Waals surface area contributed by atoms with Crippen LogP contribution in [-0.4, -0.2) is 43.2 Å². The topological polar surface area (TPSA) is 64.8 Å². The third kappa shape index (κ3) is 3.30. The smallest absolute Gasteiger partial charge is 0.263 e. The second-order valence-electron chi connectivity index (χ2n) is 7.40. The van der Waals surface area contributed by atoms with Gasteiger partial charge in [-0.3, -0.25) is 4.79 Å². The molecule has 3 heterocycles. The van der Waals surface area contributed by atoms with E-state index in [1.54, 1.807) is 11.3 Å². The van der Waals surface area contributed by atoms with E-state index in [1.165, 1.54) is 0 Å². The molecule has 1 aliphatic carbocycles. The third-order valence-electron chi connectivity index (χ3n) is 5.84. The average molecular weight is 407 g/mol. The summed E-state index contributed by atoms with van der Waals surface area (Å²) in [6.07, 6.45) is 2.26.